The van der Waals surface area contributed by atoms with Gasteiger partial charge in [0.2, 0.25) is 0 Å². The van der Waals surface area contributed by atoms with Crippen molar-refractivity contribution in [2.75, 3.05) is 59.7 Å². The Balaban J connectivity index is 1.55. The molecule has 0 amide bonds. The lowest BCUT2D eigenvalue weighted by Crippen LogP contribution is -2.41. The van der Waals surface area contributed by atoms with Gasteiger partial charge in [-0.3, -0.25) is 4.90 Å². The molecule has 1 unspecified atom stereocenters. The fourth-order valence-electron chi connectivity index (χ4n) is 3.78. The number of β-amino-alcohol motifs (C(OH)–C–C–N with tert-alkyl or cyclic N) is 1. The van der Waals surface area contributed by atoms with E-state index in [0.717, 1.165) is 82.3 Å². The van der Waals surface area contributed by atoms with Gasteiger partial charge in [-0.15, -0.1) is 0 Å². The van der Waals surface area contributed by atoms with E-state index in [-0.39, 0.29) is 12.7 Å². The van der Waals surface area contributed by atoms with E-state index in [1.54, 1.807) is 7.11 Å². The molecule has 1 aromatic carbocycles. The Morgan fingerprint density at radius 2 is 1.96 bits per heavy atom. The average molecular weight is 395 g/mol. The largest absolute Gasteiger partial charge is 0.497 e. The molecule has 2 fully saturated rings. The third kappa shape index (κ3) is 6.60. The van der Waals surface area contributed by atoms with Crippen LogP contribution in [0.4, 0.5) is 0 Å². The molecule has 0 radical (unpaired) electrons. The first-order valence-electron chi connectivity index (χ1n) is 10.3. The van der Waals surface area contributed by atoms with Crippen LogP contribution in [0.3, 0.4) is 0 Å². The monoisotopic (exact) mass is 394 g/mol. The van der Waals surface area contributed by atoms with Gasteiger partial charge in [0.05, 0.1) is 19.8 Å². The number of piperidine rings is 1. The summed E-state index contributed by atoms with van der Waals surface area (Å²) in [4.78, 5) is 4.55. The number of rotatable bonds is 8. The number of likely N-dealkylation sites (tertiary alicyclic amines) is 1. The second-order valence-corrected chi connectivity index (χ2v) is 7.71. The fourth-order valence-corrected chi connectivity index (χ4v) is 3.78. The molecule has 2 N–H and O–H groups in total. The highest BCUT2D eigenvalue weighted by molar-refractivity contribution is 5.40. The van der Waals surface area contributed by atoms with Crippen molar-refractivity contribution in [3.63, 3.8) is 0 Å². The van der Waals surface area contributed by atoms with Crippen LogP contribution in [-0.2, 0) is 11.3 Å². The maximum absolute atomic E-state index is 10.4. The Hall–Kier alpha value is -1.38. The third-order valence-corrected chi connectivity index (χ3v) is 5.43. The SMILES string of the molecule is COc1ccc(OCC(O)CN2CCC(O)CC2)c(CN2CCCOCC2)c1. The van der Waals surface area contributed by atoms with E-state index in [4.69, 9.17) is 14.2 Å². The molecule has 0 aliphatic carbocycles. The zero-order chi connectivity index (χ0) is 19.8. The highest BCUT2D eigenvalue weighted by Gasteiger charge is 2.20. The summed E-state index contributed by atoms with van der Waals surface area (Å²) in [5.74, 6) is 1.60. The van der Waals surface area contributed by atoms with Gasteiger partial charge < -0.3 is 29.3 Å². The van der Waals surface area contributed by atoms with Gasteiger partial charge in [-0.05, 0) is 37.5 Å². The molecule has 7 heteroatoms. The Morgan fingerprint density at radius 1 is 1.14 bits per heavy atom. The van der Waals surface area contributed by atoms with Crippen LogP contribution in [0.15, 0.2) is 18.2 Å². The zero-order valence-corrected chi connectivity index (χ0v) is 16.9. The van der Waals surface area contributed by atoms with Crippen molar-refractivity contribution >= 4 is 0 Å². The molecule has 2 aliphatic heterocycles. The van der Waals surface area contributed by atoms with Gasteiger partial charge >= 0.3 is 0 Å². The van der Waals surface area contributed by atoms with Crippen molar-refractivity contribution in [2.45, 2.75) is 38.0 Å². The Labute approximate surface area is 167 Å². The van der Waals surface area contributed by atoms with Gasteiger partial charge in [0.1, 0.15) is 24.2 Å². The van der Waals surface area contributed by atoms with Crippen molar-refractivity contribution in [1.29, 1.82) is 0 Å². The summed E-state index contributed by atoms with van der Waals surface area (Å²) in [6.07, 6.45) is 1.82. The summed E-state index contributed by atoms with van der Waals surface area (Å²) in [6, 6.07) is 5.83. The number of aliphatic hydroxyl groups is 2. The lowest BCUT2D eigenvalue weighted by atomic mass is 10.1. The molecule has 1 aromatic rings. The maximum atomic E-state index is 10.4. The number of nitrogens with zero attached hydrogens (tertiary/aromatic N) is 2. The van der Waals surface area contributed by atoms with Crippen molar-refractivity contribution in [1.82, 2.24) is 9.80 Å². The van der Waals surface area contributed by atoms with Crippen LogP contribution in [0, 0.1) is 0 Å². The summed E-state index contributed by atoms with van der Waals surface area (Å²) in [6.45, 7) is 6.71. The first kappa shape index (κ1) is 21.3. The summed E-state index contributed by atoms with van der Waals surface area (Å²) >= 11 is 0. The molecule has 2 aliphatic rings. The highest BCUT2D eigenvalue weighted by Crippen LogP contribution is 2.26. The van der Waals surface area contributed by atoms with Crippen LogP contribution in [0.2, 0.25) is 0 Å². The first-order valence-corrected chi connectivity index (χ1v) is 10.3. The van der Waals surface area contributed by atoms with Crippen molar-refractivity contribution in [3.05, 3.63) is 23.8 Å². The molecule has 0 saturated carbocycles. The molecule has 28 heavy (non-hydrogen) atoms. The molecule has 3 rings (SSSR count). The quantitative estimate of drug-likeness (QED) is 0.684. The Morgan fingerprint density at radius 3 is 2.75 bits per heavy atom. The lowest BCUT2D eigenvalue weighted by Gasteiger charge is -2.31. The first-order chi connectivity index (χ1) is 13.6. The highest BCUT2D eigenvalue weighted by atomic mass is 16.5. The summed E-state index contributed by atoms with van der Waals surface area (Å²) < 4.78 is 16.9. The van der Waals surface area contributed by atoms with Crippen LogP contribution in [-0.4, -0.2) is 91.9 Å². The van der Waals surface area contributed by atoms with Gasteiger partial charge in [0.25, 0.3) is 0 Å². The molecule has 2 heterocycles. The number of aliphatic hydroxyl groups excluding tert-OH is 2. The topological polar surface area (TPSA) is 74.6 Å². The maximum Gasteiger partial charge on any atom is 0.124 e. The molecule has 0 bridgehead atoms. The summed E-state index contributed by atoms with van der Waals surface area (Å²) in [5, 5.41) is 20.0. The second kappa shape index (κ2) is 11.0. The van der Waals surface area contributed by atoms with Gasteiger partial charge in [0, 0.05) is 51.4 Å². The summed E-state index contributed by atoms with van der Waals surface area (Å²) in [7, 11) is 1.67. The van der Waals surface area contributed by atoms with E-state index in [9.17, 15) is 10.2 Å². The average Bonchev–Trinajstić information content (AvgIpc) is 2.97. The molecular formula is C21H34N2O5. The normalized spacial score (nSPS) is 21.2. The molecular weight excluding hydrogens is 360 g/mol. The van der Waals surface area contributed by atoms with Crippen LogP contribution >= 0.6 is 0 Å². The van der Waals surface area contributed by atoms with E-state index < -0.39 is 6.10 Å². The Kier molecular flexibility index (Phi) is 8.36. The van der Waals surface area contributed by atoms with Crippen LogP contribution in [0.1, 0.15) is 24.8 Å². The smallest absolute Gasteiger partial charge is 0.124 e. The molecule has 2 saturated heterocycles. The van der Waals surface area contributed by atoms with E-state index in [1.165, 1.54) is 0 Å². The lowest BCUT2D eigenvalue weighted by molar-refractivity contribution is 0.0335. The number of methoxy groups -OCH3 is 1. The number of ether oxygens (including phenoxy) is 3. The van der Waals surface area contributed by atoms with E-state index in [1.807, 2.05) is 18.2 Å². The second-order valence-electron chi connectivity index (χ2n) is 7.71. The summed E-state index contributed by atoms with van der Waals surface area (Å²) in [5.41, 5.74) is 1.06. The van der Waals surface area contributed by atoms with Gasteiger partial charge in [-0.2, -0.15) is 0 Å². The van der Waals surface area contributed by atoms with Gasteiger partial charge in [0.15, 0.2) is 0 Å². The van der Waals surface area contributed by atoms with E-state index in [0.29, 0.717) is 6.54 Å². The predicted octanol–water partition coefficient (Wildman–Crippen LogP) is 1.11. The van der Waals surface area contributed by atoms with Crippen LogP contribution in [0.5, 0.6) is 11.5 Å². The third-order valence-electron chi connectivity index (χ3n) is 5.43. The minimum atomic E-state index is -0.559. The van der Waals surface area contributed by atoms with Crippen LogP contribution in [0.25, 0.3) is 0 Å². The molecule has 7 nitrogen and oxygen atoms in total. The van der Waals surface area contributed by atoms with Crippen molar-refractivity contribution in [2.24, 2.45) is 0 Å². The fraction of sp³-hybridized carbons (Fsp3) is 0.714. The number of benzene rings is 1. The number of hydrogen-bond acceptors (Lipinski definition) is 7. The molecule has 0 aromatic heterocycles. The molecule has 1 atom stereocenters. The van der Waals surface area contributed by atoms with Crippen molar-refractivity contribution in [3.8, 4) is 11.5 Å². The zero-order valence-electron chi connectivity index (χ0n) is 16.9. The molecule has 158 valence electrons. The number of hydrogen-bond donors (Lipinski definition) is 2. The minimum Gasteiger partial charge on any atom is -0.497 e. The van der Waals surface area contributed by atoms with Crippen LogP contribution < -0.4 is 9.47 Å². The van der Waals surface area contributed by atoms with Crippen molar-refractivity contribution < 1.29 is 24.4 Å². The standard InChI is InChI=1S/C21H34N2O5/c1-26-20-3-4-21(17(13-20)14-22-7-2-11-27-12-10-22)28-16-19(25)15-23-8-5-18(24)6-9-23/h3-4,13,18-19,24-25H,2,5-12,14-16H2,1H3. The van der Waals surface area contributed by atoms with Gasteiger partial charge in [-0.1, -0.05) is 0 Å². The van der Waals surface area contributed by atoms with Gasteiger partial charge in [-0.25, -0.2) is 0 Å². The minimum absolute atomic E-state index is 0.198. The van der Waals surface area contributed by atoms with E-state index >= 15 is 0 Å². The van der Waals surface area contributed by atoms with E-state index in [2.05, 4.69) is 9.80 Å². The predicted molar refractivity (Wildman–Crippen MR) is 107 cm³/mol. The molecule has 0 spiro atoms. The Bertz CT molecular complexity index is 584.